The SMILES string of the molecule is CCC1CC(CCC(O)N2CCOCC2)C2CC3(C)CC4(C)CC(C)C(C(C)O)C(O)C4(C)C(C)C3C(O)C2C1C. The molecule has 6 heteroatoms. The number of aliphatic hydroxyl groups excluding tert-OH is 4. The van der Waals surface area contributed by atoms with Crippen LogP contribution in [0, 0.1) is 69.5 Å². The first-order chi connectivity index (χ1) is 19.2. The van der Waals surface area contributed by atoms with Crippen LogP contribution in [0.3, 0.4) is 0 Å². The van der Waals surface area contributed by atoms with Crippen molar-refractivity contribution < 1.29 is 25.2 Å². The molecule has 0 spiro atoms. The van der Waals surface area contributed by atoms with Crippen molar-refractivity contribution in [2.24, 2.45) is 69.5 Å². The molecule has 0 aromatic rings. The summed E-state index contributed by atoms with van der Waals surface area (Å²) in [5, 5.41) is 46.4. The van der Waals surface area contributed by atoms with Gasteiger partial charge in [0.05, 0.1) is 31.5 Å². The lowest BCUT2D eigenvalue weighted by atomic mass is 9.34. The number of aliphatic hydroxyl groups is 4. The van der Waals surface area contributed by atoms with Crippen LogP contribution in [0.15, 0.2) is 0 Å². The van der Waals surface area contributed by atoms with E-state index in [1.807, 2.05) is 6.92 Å². The van der Waals surface area contributed by atoms with Gasteiger partial charge in [-0.3, -0.25) is 4.90 Å². The minimum absolute atomic E-state index is 0.00517. The van der Waals surface area contributed by atoms with E-state index < -0.39 is 18.4 Å². The summed E-state index contributed by atoms with van der Waals surface area (Å²) in [7, 11) is 0. The van der Waals surface area contributed by atoms with Crippen molar-refractivity contribution in [2.45, 2.75) is 125 Å². The monoisotopic (exact) mass is 577 g/mol. The van der Waals surface area contributed by atoms with Crippen LogP contribution in [0.2, 0.25) is 0 Å². The third-order valence-electron chi connectivity index (χ3n) is 14.7. The van der Waals surface area contributed by atoms with Crippen LogP contribution in [0.1, 0.15) is 100 Å². The summed E-state index contributed by atoms with van der Waals surface area (Å²) >= 11 is 0. The van der Waals surface area contributed by atoms with E-state index in [0.29, 0.717) is 36.9 Å². The Labute approximate surface area is 250 Å². The van der Waals surface area contributed by atoms with Crippen LogP contribution in [0.25, 0.3) is 0 Å². The summed E-state index contributed by atoms with van der Waals surface area (Å²) in [4.78, 5) is 2.18. The molecular weight excluding hydrogens is 514 g/mol. The zero-order valence-corrected chi connectivity index (χ0v) is 27.4. The molecule has 41 heavy (non-hydrogen) atoms. The zero-order valence-electron chi connectivity index (χ0n) is 27.4. The van der Waals surface area contributed by atoms with Gasteiger partial charge in [0.2, 0.25) is 0 Å². The summed E-state index contributed by atoms with van der Waals surface area (Å²) in [5.74, 6) is 2.74. The van der Waals surface area contributed by atoms with E-state index in [4.69, 9.17) is 4.74 Å². The molecule has 16 atom stereocenters. The lowest BCUT2D eigenvalue weighted by molar-refractivity contribution is -0.281. The Balaban J connectivity index is 1.44. The Morgan fingerprint density at radius 1 is 0.976 bits per heavy atom. The molecule has 238 valence electrons. The van der Waals surface area contributed by atoms with Gasteiger partial charge in [0, 0.05) is 24.4 Å². The largest absolute Gasteiger partial charge is 0.393 e. The highest BCUT2D eigenvalue weighted by Gasteiger charge is 2.70. The molecule has 4 N–H and O–H groups in total. The van der Waals surface area contributed by atoms with Crippen molar-refractivity contribution in [3.8, 4) is 0 Å². The Bertz CT molecular complexity index is 909. The highest BCUT2D eigenvalue weighted by atomic mass is 16.5. The summed E-state index contributed by atoms with van der Waals surface area (Å²) in [5.41, 5.74) is -0.406. The highest BCUT2D eigenvalue weighted by Crippen LogP contribution is 2.73. The predicted octanol–water partition coefficient (Wildman–Crippen LogP) is 5.17. The molecular formula is C35H63NO5. The van der Waals surface area contributed by atoms with Gasteiger partial charge in [-0.15, -0.1) is 0 Å². The van der Waals surface area contributed by atoms with Crippen LogP contribution < -0.4 is 0 Å². The standard InChI is InChI=1S/C35H63NO5/c1-9-24-16-25(10-11-27(38)36-12-14-41-15-13-36)26-18-33(6)19-34(7)17-20(2)28(23(5)37)32(40)35(34,8)22(4)30(33)31(39)29(26)21(24)3/h20-32,37-40H,9-19H2,1-8H3. The molecule has 4 aliphatic carbocycles. The third kappa shape index (κ3) is 5.07. The van der Waals surface area contributed by atoms with Crippen LogP contribution in [0.4, 0.5) is 0 Å². The maximum atomic E-state index is 12.5. The molecule has 0 radical (unpaired) electrons. The molecule has 5 aliphatic rings. The second-order valence-corrected chi connectivity index (χ2v) is 16.6. The van der Waals surface area contributed by atoms with E-state index >= 15 is 0 Å². The molecule has 6 nitrogen and oxygen atoms in total. The Kier molecular flexibility index (Phi) is 9.10. The minimum Gasteiger partial charge on any atom is -0.393 e. The topological polar surface area (TPSA) is 93.4 Å². The highest BCUT2D eigenvalue weighted by molar-refractivity contribution is 5.18. The predicted molar refractivity (Wildman–Crippen MR) is 163 cm³/mol. The number of hydrogen-bond acceptors (Lipinski definition) is 6. The van der Waals surface area contributed by atoms with Crippen molar-refractivity contribution in [3.63, 3.8) is 0 Å². The van der Waals surface area contributed by atoms with Crippen molar-refractivity contribution in [2.75, 3.05) is 26.3 Å². The van der Waals surface area contributed by atoms with E-state index in [1.54, 1.807) is 0 Å². The Morgan fingerprint density at radius 2 is 1.63 bits per heavy atom. The van der Waals surface area contributed by atoms with E-state index in [-0.39, 0.29) is 51.9 Å². The molecule has 5 rings (SSSR count). The quantitative estimate of drug-likeness (QED) is 0.348. The number of morpholine rings is 1. The maximum absolute atomic E-state index is 12.5. The van der Waals surface area contributed by atoms with Crippen molar-refractivity contribution in [1.82, 2.24) is 4.90 Å². The van der Waals surface area contributed by atoms with E-state index in [0.717, 1.165) is 51.6 Å². The zero-order chi connectivity index (χ0) is 30.1. The van der Waals surface area contributed by atoms with E-state index in [9.17, 15) is 20.4 Å². The number of fused-ring (bicyclic) bond motifs is 3. The average Bonchev–Trinajstić information content (AvgIpc) is 2.90. The average molecular weight is 578 g/mol. The smallest absolute Gasteiger partial charge is 0.107 e. The van der Waals surface area contributed by atoms with Crippen molar-refractivity contribution in [3.05, 3.63) is 0 Å². The Morgan fingerprint density at radius 3 is 2.24 bits per heavy atom. The van der Waals surface area contributed by atoms with E-state index in [2.05, 4.69) is 53.4 Å². The molecule has 5 fully saturated rings. The second kappa shape index (κ2) is 11.6. The van der Waals surface area contributed by atoms with Crippen molar-refractivity contribution in [1.29, 1.82) is 0 Å². The number of hydrogen-bond donors (Lipinski definition) is 4. The van der Waals surface area contributed by atoms with Gasteiger partial charge in [-0.25, -0.2) is 0 Å². The summed E-state index contributed by atoms with van der Waals surface area (Å²) < 4.78 is 5.51. The third-order valence-corrected chi connectivity index (χ3v) is 14.7. The molecule has 1 aliphatic heterocycles. The second-order valence-electron chi connectivity index (χ2n) is 16.6. The molecule has 4 saturated carbocycles. The van der Waals surface area contributed by atoms with Crippen molar-refractivity contribution >= 4 is 0 Å². The van der Waals surface area contributed by atoms with Gasteiger partial charge in [-0.1, -0.05) is 54.9 Å². The lowest BCUT2D eigenvalue weighted by Crippen LogP contribution is -2.70. The Hall–Kier alpha value is -0.240. The van der Waals surface area contributed by atoms with Crippen LogP contribution in [-0.4, -0.2) is 76.2 Å². The first-order valence-corrected chi connectivity index (χ1v) is 17.2. The van der Waals surface area contributed by atoms with Gasteiger partial charge in [0.15, 0.2) is 0 Å². The molecule has 1 saturated heterocycles. The van der Waals surface area contributed by atoms with Crippen LogP contribution in [-0.2, 0) is 4.74 Å². The maximum Gasteiger partial charge on any atom is 0.107 e. The molecule has 0 aromatic carbocycles. The summed E-state index contributed by atoms with van der Waals surface area (Å²) in [6, 6.07) is 0. The summed E-state index contributed by atoms with van der Waals surface area (Å²) in [6.07, 6.45) is 5.42. The molecule has 16 unspecified atom stereocenters. The fraction of sp³-hybridized carbons (Fsp3) is 1.00. The van der Waals surface area contributed by atoms with Crippen LogP contribution >= 0.6 is 0 Å². The number of rotatable bonds is 6. The fourth-order valence-corrected chi connectivity index (χ4v) is 12.6. The lowest BCUT2D eigenvalue weighted by Gasteiger charge is -2.72. The van der Waals surface area contributed by atoms with Crippen LogP contribution in [0.5, 0.6) is 0 Å². The molecule has 0 bridgehead atoms. The van der Waals surface area contributed by atoms with Gasteiger partial charge >= 0.3 is 0 Å². The number of nitrogens with zero attached hydrogens (tertiary/aromatic N) is 1. The molecule has 0 aromatic heterocycles. The first kappa shape index (κ1) is 32.2. The molecule has 0 amide bonds. The number of ether oxygens (including phenoxy) is 1. The van der Waals surface area contributed by atoms with Gasteiger partial charge in [-0.2, -0.15) is 0 Å². The normalized spacial score (nSPS) is 54.0. The molecule has 1 heterocycles. The minimum atomic E-state index is -0.581. The van der Waals surface area contributed by atoms with Gasteiger partial charge in [0.1, 0.15) is 6.23 Å². The van der Waals surface area contributed by atoms with Gasteiger partial charge in [0.25, 0.3) is 0 Å². The van der Waals surface area contributed by atoms with Gasteiger partial charge < -0.3 is 25.2 Å². The van der Waals surface area contributed by atoms with E-state index in [1.165, 1.54) is 6.42 Å². The first-order valence-electron chi connectivity index (χ1n) is 17.2. The fourth-order valence-electron chi connectivity index (χ4n) is 12.6. The van der Waals surface area contributed by atoms with Gasteiger partial charge in [-0.05, 0) is 104 Å². The summed E-state index contributed by atoms with van der Waals surface area (Å²) in [6.45, 7) is 21.3.